The van der Waals surface area contributed by atoms with Crippen molar-refractivity contribution in [2.24, 2.45) is 12.8 Å². The molecule has 0 aliphatic heterocycles. The van der Waals surface area contributed by atoms with Crippen molar-refractivity contribution in [2.45, 2.75) is 13.0 Å². The third-order valence-electron chi connectivity index (χ3n) is 2.20. The van der Waals surface area contributed by atoms with E-state index in [2.05, 4.69) is 23.3 Å². The van der Waals surface area contributed by atoms with Crippen LogP contribution < -0.4 is 5.73 Å². The van der Waals surface area contributed by atoms with E-state index in [9.17, 15) is 0 Å². The van der Waals surface area contributed by atoms with Gasteiger partial charge < -0.3 is 5.73 Å². The molecule has 0 unspecified atom stereocenters. The standard InChI is InChI=1S/C9H13N3/c1-6(10)7-3-4-8-9(5-7)12(2)11-8/h3-6,11H,10H2,1-2H3/t6-/m0/s1. The number of rotatable bonds is 1. The predicted molar refractivity (Wildman–Crippen MR) is 49.9 cm³/mol. The first-order chi connectivity index (χ1) is 5.68. The lowest BCUT2D eigenvalue weighted by Gasteiger charge is -2.14. The van der Waals surface area contributed by atoms with Crippen LogP contribution in [0.3, 0.4) is 0 Å². The molecule has 64 valence electrons. The van der Waals surface area contributed by atoms with Crippen LogP contribution in [-0.4, -0.2) is 9.78 Å². The van der Waals surface area contributed by atoms with Crippen molar-refractivity contribution in [3.8, 4) is 0 Å². The zero-order valence-electron chi connectivity index (χ0n) is 7.33. The summed E-state index contributed by atoms with van der Waals surface area (Å²) >= 11 is 0. The molecular weight excluding hydrogens is 150 g/mol. The summed E-state index contributed by atoms with van der Waals surface area (Å²) in [5, 5.41) is 3.14. The molecule has 3 nitrogen and oxygen atoms in total. The van der Waals surface area contributed by atoms with E-state index < -0.39 is 0 Å². The summed E-state index contributed by atoms with van der Waals surface area (Å²) in [5.74, 6) is 0. The molecule has 3 N–H and O–H groups in total. The molecule has 0 fully saturated rings. The summed E-state index contributed by atoms with van der Waals surface area (Å²) in [6.45, 7) is 1.99. The van der Waals surface area contributed by atoms with Crippen molar-refractivity contribution in [1.82, 2.24) is 9.78 Å². The number of hydrogen-bond acceptors (Lipinski definition) is 1. The van der Waals surface area contributed by atoms with Crippen LogP contribution in [-0.2, 0) is 7.05 Å². The first-order valence-electron chi connectivity index (χ1n) is 4.08. The number of nitrogens with one attached hydrogen (secondary N) is 1. The lowest BCUT2D eigenvalue weighted by atomic mass is 10.1. The van der Waals surface area contributed by atoms with Gasteiger partial charge in [-0.1, -0.05) is 6.07 Å². The lowest BCUT2D eigenvalue weighted by Crippen LogP contribution is -2.09. The van der Waals surface area contributed by atoms with Gasteiger partial charge in [-0.05, 0) is 24.6 Å². The Hall–Kier alpha value is -1.22. The number of H-pyrrole nitrogens is 1. The highest BCUT2D eigenvalue weighted by Crippen LogP contribution is 2.18. The molecule has 0 saturated carbocycles. The molecule has 2 aromatic rings. The highest BCUT2D eigenvalue weighted by molar-refractivity contribution is 5.77. The van der Waals surface area contributed by atoms with E-state index in [1.807, 2.05) is 18.7 Å². The average Bonchev–Trinajstić information content (AvgIpc) is 2.02. The maximum absolute atomic E-state index is 5.76. The Morgan fingerprint density at radius 3 is 2.83 bits per heavy atom. The van der Waals surface area contributed by atoms with Crippen LogP contribution in [0.4, 0.5) is 0 Å². The van der Waals surface area contributed by atoms with Crippen molar-refractivity contribution in [2.75, 3.05) is 0 Å². The second-order valence-corrected chi connectivity index (χ2v) is 3.24. The van der Waals surface area contributed by atoms with E-state index in [1.54, 1.807) is 0 Å². The van der Waals surface area contributed by atoms with Crippen LogP contribution in [0.5, 0.6) is 0 Å². The van der Waals surface area contributed by atoms with Crippen molar-refractivity contribution in [1.29, 1.82) is 0 Å². The SMILES string of the molecule is C[C@H](N)c1ccc2[nH]n(C)c2c1. The van der Waals surface area contributed by atoms with Gasteiger partial charge in [-0.25, -0.2) is 0 Å². The Kier molecular flexibility index (Phi) is 1.48. The van der Waals surface area contributed by atoms with Crippen LogP contribution in [0.25, 0.3) is 11.0 Å². The highest BCUT2D eigenvalue weighted by atomic mass is 15.3. The normalized spacial score (nSPS) is 13.9. The first-order valence-corrected chi connectivity index (χ1v) is 4.08. The molecule has 0 bridgehead atoms. The number of nitrogens with two attached hydrogens (primary N) is 1. The van der Waals surface area contributed by atoms with Crippen molar-refractivity contribution >= 4 is 11.0 Å². The minimum Gasteiger partial charge on any atom is -0.324 e. The van der Waals surface area contributed by atoms with Crippen LogP contribution in [0.1, 0.15) is 18.5 Å². The number of nitrogens with zero attached hydrogens (tertiary/aromatic N) is 1. The van der Waals surface area contributed by atoms with Crippen molar-refractivity contribution in [3.05, 3.63) is 23.8 Å². The number of aryl methyl sites for hydroxylation is 1. The topological polar surface area (TPSA) is 46.7 Å². The Balaban J connectivity index is 2.54. The fourth-order valence-electron chi connectivity index (χ4n) is 1.39. The van der Waals surface area contributed by atoms with Gasteiger partial charge >= 0.3 is 0 Å². The number of benzene rings is 1. The first kappa shape index (κ1) is 7.43. The van der Waals surface area contributed by atoms with Gasteiger partial charge in [0, 0.05) is 13.1 Å². The summed E-state index contributed by atoms with van der Waals surface area (Å²) in [7, 11) is 1.99. The molecule has 1 aromatic heterocycles. The van der Waals surface area contributed by atoms with Gasteiger partial charge in [0.25, 0.3) is 0 Å². The largest absolute Gasteiger partial charge is 0.324 e. The average molecular weight is 163 g/mol. The van der Waals surface area contributed by atoms with Crippen LogP contribution in [0, 0.1) is 0 Å². The number of aromatic nitrogens is 2. The maximum atomic E-state index is 5.76. The van der Waals surface area contributed by atoms with Gasteiger partial charge in [0.15, 0.2) is 0 Å². The number of fused-ring (bicyclic) bond motifs is 1. The molecular formula is C9H13N3. The molecule has 0 radical (unpaired) electrons. The molecule has 12 heavy (non-hydrogen) atoms. The zero-order valence-corrected chi connectivity index (χ0v) is 7.33. The third-order valence-corrected chi connectivity index (χ3v) is 2.20. The molecule has 1 heterocycles. The number of aromatic amines is 1. The summed E-state index contributed by atoms with van der Waals surface area (Å²) in [6.07, 6.45) is 0. The highest BCUT2D eigenvalue weighted by Gasteiger charge is 2.04. The summed E-state index contributed by atoms with van der Waals surface area (Å²) in [6, 6.07) is 6.36. The van der Waals surface area contributed by atoms with E-state index >= 15 is 0 Å². The molecule has 0 saturated heterocycles. The van der Waals surface area contributed by atoms with Gasteiger partial charge in [0.05, 0.1) is 11.0 Å². The van der Waals surface area contributed by atoms with E-state index in [4.69, 9.17) is 5.73 Å². The molecule has 3 heteroatoms. The fraction of sp³-hybridized carbons (Fsp3) is 0.333. The minimum atomic E-state index is 0.115. The van der Waals surface area contributed by atoms with E-state index in [0.29, 0.717) is 0 Å². The van der Waals surface area contributed by atoms with E-state index in [-0.39, 0.29) is 6.04 Å². The Morgan fingerprint density at radius 1 is 1.50 bits per heavy atom. The number of hydrogen-bond donors (Lipinski definition) is 2. The molecule has 1 atom stereocenters. The second kappa shape index (κ2) is 2.38. The maximum Gasteiger partial charge on any atom is 0.0821 e. The predicted octanol–water partition coefficient (Wildman–Crippen LogP) is 1.53. The minimum absolute atomic E-state index is 0.115. The molecule has 0 spiro atoms. The molecule has 0 amide bonds. The van der Waals surface area contributed by atoms with Crippen LogP contribution in [0.2, 0.25) is 0 Å². The van der Waals surface area contributed by atoms with Gasteiger partial charge in [0.1, 0.15) is 0 Å². The zero-order chi connectivity index (χ0) is 8.72. The van der Waals surface area contributed by atoms with Crippen LogP contribution in [0.15, 0.2) is 18.2 Å². The Morgan fingerprint density at radius 2 is 2.25 bits per heavy atom. The summed E-state index contributed by atoms with van der Waals surface area (Å²) < 4.78 is 1.99. The summed E-state index contributed by atoms with van der Waals surface area (Å²) in [4.78, 5) is 0. The fourth-order valence-corrected chi connectivity index (χ4v) is 1.39. The van der Waals surface area contributed by atoms with Gasteiger partial charge in [0.2, 0.25) is 0 Å². The second-order valence-electron chi connectivity index (χ2n) is 3.24. The van der Waals surface area contributed by atoms with Crippen LogP contribution >= 0.6 is 0 Å². The van der Waals surface area contributed by atoms with Crippen molar-refractivity contribution < 1.29 is 0 Å². The lowest BCUT2D eigenvalue weighted by molar-refractivity contribution is 0.755. The molecule has 0 aliphatic carbocycles. The van der Waals surface area contributed by atoms with E-state index in [0.717, 1.165) is 0 Å². The monoisotopic (exact) mass is 163 g/mol. The summed E-state index contributed by atoms with van der Waals surface area (Å²) in [5.41, 5.74) is 9.35. The molecule has 2 rings (SSSR count). The quantitative estimate of drug-likeness (QED) is 0.658. The van der Waals surface area contributed by atoms with E-state index in [1.165, 1.54) is 16.6 Å². The Bertz CT molecular complexity index is 395. The van der Waals surface area contributed by atoms with Gasteiger partial charge in [-0.15, -0.1) is 0 Å². The molecule has 0 aliphatic rings. The van der Waals surface area contributed by atoms with Gasteiger partial charge in [-0.3, -0.25) is 9.78 Å². The van der Waals surface area contributed by atoms with Gasteiger partial charge in [-0.2, -0.15) is 0 Å². The smallest absolute Gasteiger partial charge is 0.0821 e. The molecule has 1 aromatic carbocycles. The van der Waals surface area contributed by atoms with Crippen molar-refractivity contribution in [3.63, 3.8) is 0 Å². The Labute approximate surface area is 71.1 Å². The third kappa shape index (κ3) is 0.940.